The SMILES string of the molecule is CC1SCCCC1(C(=O)O)N1CCCCCC1. The molecule has 2 saturated heterocycles. The average molecular weight is 257 g/mol. The number of carbonyl (C=O) groups is 1. The van der Waals surface area contributed by atoms with Crippen molar-refractivity contribution in [2.24, 2.45) is 0 Å². The standard InChI is InChI=1S/C13H23NO2S/c1-11-13(12(15)16,7-6-10-17-11)14-8-4-2-3-5-9-14/h11H,2-10H2,1H3,(H,15,16). The number of carboxylic acids is 1. The summed E-state index contributed by atoms with van der Waals surface area (Å²) in [4.78, 5) is 14.1. The van der Waals surface area contributed by atoms with Gasteiger partial charge in [0, 0.05) is 5.25 Å². The van der Waals surface area contributed by atoms with E-state index in [0.717, 1.165) is 44.5 Å². The molecule has 1 N–H and O–H groups in total. The van der Waals surface area contributed by atoms with Crippen LogP contribution in [0.25, 0.3) is 0 Å². The summed E-state index contributed by atoms with van der Waals surface area (Å²) in [6.45, 7) is 4.04. The van der Waals surface area contributed by atoms with Gasteiger partial charge in [0.25, 0.3) is 0 Å². The topological polar surface area (TPSA) is 40.5 Å². The van der Waals surface area contributed by atoms with E-state index in [1.54, 1.807) is 0 Å². The summed E-state index contributed by atoms with van der Waals surface area (Å²) >= 11 is 1.83. The van der Waals surface area contributed by atoms with Crippen LogP contribution >= 0.6 is 11.8 Å². The lowest BCUT2D eigenvalue weighted by atomic mass is 9.87. The van der Waals surface area contributed by atoms with Crippen LogP contribution in [0.4, 0.5) is 0 Å². The van der Waals surface area contributed by atoms with Crippen molar-refractivity contribution in [3.63, 3.8) is 0 Å². The second kappa shape index (κ2) is 5.61. The fourth-order valence-electron chi connectivity index (χ4n) is 3.24. The van der Waals surface area contributed by atoms with Crippen LogP contribution in [-0.2, 0) is 4.79 Å². The number of hydrogen-bond donors (Lipinski definition) is 1. The fraction of sp³-hybridized carbons (Fsp3) is 0.923. The van der Waals surface area contributed by atoms with Crippen LogP contribution in [0.2, 0.25) is 0 Å². The van der Waals surface area contributed by atoms with Crippen molar-refractivity contribution < 1.29 is 9.90 Å². The summed E-state index contributed by atoms with van der Waals surface area (Å²) < 4.78 is 0. The van der Waals surface area contributed by atoms with E-state index >= 15 is 0 Å². The van der Waals surface area contributed by atoms with E-state index in [1.165, 1.54) is 12.8 Å². The lowest BCUT2D eigenvalue weighted by Crippen LogP contribution is -2.61. The third-order valence-corrected chi connectivity index (χ3v) is 5.70. The Morgan fingerprint density at radius 1 is 1.24 bits per heavy atom. The zero-order valence-corrected chi connectivity index (χ0v) is 11.5. The van der Waals surface area contributed by atoms with Gasteiger partial charge in [0.1, 0.15) is 5.54 Å². The van der Waals surface area contributed by atoms with Gasteiger partial charge in [-0.15, -0.1) is 0 Å². The molecule has 2 atom stereocenters. The van der Waals surface area contributed by atoms with Crippen molar-refractivity contribution in [1.82, 2.24) is 4.90 Å². The molecule has 0 aromatic rings. The van der Waals surface area contributed by atoms with Gasteiger partial charge in [0.2, 0.25) is 0 Å². The zero-order chi connectivity index (χ0) is 12.3. The number of likely N-dealkylation sites (tertiary alicyclic amines) is 1. The Bertz CT molecular complexity index is 277. The van der Waals surface area contributed by atoms with Crippen molar-refractivity contribution >= 4 is 17.7 Å². The molecule has 98 valence electrons. The number of thioether (sulfide) groups is 1. The van der Waals surface area contributed by atoms with E-state index in [-0.39, 0.29) is 5.25 Å². The molecule has 17 heavy (non-hydrogen) atoms. The Labute approximate surface area is 108 Å². The van der Waals surface area contributed by atoms with Crippen molar-refractivity contribution in [1.29, 1.82) is 0 Å². The van der Waals surface area contributed by atoms with Gasteiger partial charge in [-0.25, -0.2) is 0 Å². The maximum atomic E-state index is 11.8. The molecule has 0 bridgehead atoms. The smallest absolute Gasteiger partial charge is 0.325 e. The largest absolute Gasteiger partial charge is 0.480 e. The van der Waals surface area contributed by atoms with Gasteiger partial charge in [-0.1, -0.05) is 19.8 Å². The predicted molar refractivity (Wildman–Crippen MR) is 71.6 cm³/mol. The van der Waals surface area contributed by atoms with E-state index in [9.17, 15) is 9.90 Å². The number of nitrogens with zero attached hydrogens (tertiary/aromatic N) is 1. The molecule has 2 fully saturated rings. The maximum Gasteiger partial charge on any atom is 0.325 e. The normalized spacial score (nSPS) is 36.4. The van der Waals surface area contributed by atoms with Crippen molar-refractivity contribution in [3.05, 3.63) is 0 Å². The number of aliphatic carboxylic acids is 1. The van der Waals surface area contributed by atoms with Crippen LogP contribution in [0.3, 0.4) is 0 Å². The molecular formula is C13H23NO2S. The second-order valence-corrected chi connectivity index (χ2v) is 6.70. The molecule has 0 amide bonds. The van der Waals surface area contributed by atoms with Gasteiger partial charge in [-0.3, -0.25) is 9.69 Å². The molecule has 0 radical (unpaired) electrons. The van der Waals surface area contributed by atoms with Gasteiger partial charge in [0.05, 0.1) is 0 Å². The Morgan fingerprint density at radius 2 is 1.88 bits per heavy atom. The maximum absolute atomic E-state index is 11.8. The molecule has 0 aliphatic carbocycles. The highest BCUT2D eigenvalue weighted by atomic mass is 32.2. The Balaban J connectivity index is 2.22. The highest BCUT2D eigenvalue weighted by Crippen LogP contribution is 2.39. The summed E-state index contributed by atoms with van der Waals surface area (Å²) in [5.74, 6) is 0.517. The van der Waals surface area contributed by atoms with Gasteiger partial charge < -0.3 is 5.11 Å². The molecule has 0 aromatic carbocycles. The summed E-state index contributed by atoms with van der Waals surface area (Å²) in [6, 6.07) is 0. The van der Waals surface area contributed by atoms with Gasteiger partial charge in [-0.05, 0) is 44.5 Å². The summed E-state index contributed by atoms with van der Waals surface area (Å²) in [5.41, 5.74) is -0.590. The van der Waals surface area contributed by atoms with Gasteiger partial charge in [0.15, 0.2) is 0 Å². The van der Waals surface area contributed by atoms with Crippen molar-refractivity contribution in [2.45, 2.75) is 56.2 Å². The molecule has 3 nitrogen and oxygen atoms in total. The minimum Gasteiger partial charge on any atom is -0.480 e. The van der Waals surface area contributed by atoms with Crippen LogP contribution < -0.4 is 0 Å². The first kappa shape index (κ1) is 13.2. The summed E-state index contributed by atoms with van der Waals surface area (Å²) in [6.07, 6.45) is 6.70. The Kier molecular flexibility index (Phi) is 4.36. The predicted octanol–water partition coefficient (Wildman–Crippen LogP) is 2.60. The van der Waals surface area contributed by atoms with Crippen LogP contribution in [0, 0.1) is 0 Å². The molecule has 0 spiro atoms. The second-order valence-electron chi connectivity index (χ2n) is 5.25. The first-order valence-electron chi connectivity index (χ1n) is 6.78. The van der Waals surface area contributed by atoms with Crippen LogP contribution in [0.1, 0.15) is 45.4 Å². The molecule has 2 rings (SSSR count). The van der Waals surface area contributed by atoms with E-state index in [4.69, 9.17) is 0 Å². The van der Waals surface area contributed by atoms with Crippen LogP contribution in [0.15, 0.2) is 0 Å². The Hall–Kier alpha value is -0.220. The lowest BCUT2D eigenvalue weighted by Gasteiger charge is -2.46. The number of hydrogen-bond acceptors (Lipinski definition) is 3. The van der Waals surface area contributed by atoms with E-state index < -0.39 is 11.5 Å². The third kappa shape index (κ3) is 2.48. The van der Waals surface area contributed by atoms with Crippen LogP contribution in [-0.4, -0.2) is 45.6 Å². The van der Waals surface area contributed by atoms with Crippen LogP contribution in [0.5, 0.6) is 0 Å². The first-order valence-corrected chi connectivity index (χ1v) is 7.83. The molecule has 0 saturated carbocycles. The van der Waals surface area contributed by atoms with Crippen molar-refractivity contribution in [2.75, 3.05) is 18.8 Å². The molecule has 2 unspecified atom stereocenters. The zero-order valence-electron chi connectivity index (χ0n) is 10.7. The number of carboxylic acid groups (broad SMARTS) is 1. The lowest BCUT2D eigenvalue weighted by molar-refractivity contribution is -0.152. The number of rotatable bonds is 2. The molecule has 2 aliphatic rings. The molecule has 4 heteroatoms. The highest BCUT2D eigenvalue weighted by molar-refractivity contribution is 8.00. The minimum absolute atomic E-state index is 0.215. The first-order chi connectivity index (χ1) is 8.18. The monoisotopic (exact) mass is 257 g/mol. The summed E-state index contributed by atoms with van der Waals surface area (Å²) in [7, 11) is 0. The quantitative estimate of drug-likeness (QED) is 0.825. The highest BCUT2D eigenvalue weighted by Gasteiger charge is 2.50. The van der Waals surface area contributed by atoms with E-state index in [2.05, 4.69) is 11.8 Å². The average Bonchev–Trinajstić information content (AvgIpc) is 2.58. The Morgan fingerprint density at radius 3 is 2.41 bits per heavy atom. The van der Waals surface area contributed by atoms with Gasteiger partial charge in [-0.2, -0.15) is 11.8 Å². The molecule has 2 heterocycles. The third-order valence-electron chi connectivity index (χ3n) is 4.28. The fourth-order valence-corrected chi connectivity index (χ4v) is 4.55. The molecular weight excluding hydrogens is 234 g/mol. The van der Waals surface area contributed by atoms with E-state index in [1.807, 2.05) is 11.8 Å². The minimum atomic E-state index is -0.598. The molecule has 0 aromatic heterocycles. The summed E-state index contributed by atoms with van der Waals surface area (Å²) in [5, 5.41) is 9.96. The van der Waals surface area contributed by atoms with Gasteiger partial charge >= 0.3 is 5.97 Å². The van der Waals surface area contributed by atoms with Crippen molar-refractivity contribution in [3.8, 4) is 0 Å². The van der Waals surface area contributed by atoms with E-state index in [0.29, 0.717) is 0 Å². The molecule has 2 aliphatic heterocycles.